The monoisotopic (exact) mass is 544 g/mol. The van der Waals surface area contributed by atoms with Crippen LogP contribution in [-0.4, -0.2) is 161 Å². The highest BCUT2D eigenvalue weighted by Crippen LogP contribution is 2.32. The molecule has 0 amide bonds. The van der Waals surface area contributed by atoms with Crippen LogP contribution < -0.4 is 11.5 Å². The number of aliphatic hydroxyl groups excluding tert-OH is 6. The number of hydrogen-bond acceptors (Lipinski definition) is 16. The molecule has 3 rings (SSSR count). The van der Waals surface area contributed by atoms with Crippen molar-refractivity contribution < 1.29 is 73.7 Å². The van der Waals surface area contributed by atoms with E-state index in [1.807, 2.05) is 0 Å². The number of carboxylic acids is 1. The third-order valence-corrected chi connectivity index (χ3v) is 6.68. The summed E-state index contributed by atoms with van der Waals surface area (Å²) < 4.78 is 37.5. The molecule has 0 aromatic heterocycles. The van der Waals surface area contributed by atoms with E-state index in [-0.39, 0.29) is 0 Å². The average Bonchev–Trinajstić information content (AvgIpc) is 2.88. The zero-order chi connectivity index (χ0) is 27.6. The minimum atomic E-state index is -1.96. The molecule has 3 saturated heterocycles. The lowest BCUT2D eigenvalue weighted by atomic mass is 9.95. The zero-order valence-electron chi connectivity index (χ0n) is 20.1. The molecule has 216 valence electrons. The van der Waals surface area contributed by atoms with Gasteiger partial charge in [0.15, 0.2) is 25.0 Å². The molecule has 0 aromatic carbocycles. The molecule has 11 N–H and O–H groups in total. The van der Waals surface area contributed by atoms with E-state index < -0.39 is 111 Å². The van der Waals surface area contributed by atoms with Crippen molar-refractivity contribution >= 4 is 5.97 Å². The lowest BCUT2D eigenvalue weighted by Crippen LogP contribution is -2.68. The van der Waals surface area contributed by atoms with Gasteiger partial charge in [0.2, 0.25) is 0 Å². The maximum absolute atomic E-state index is 12.0. The molecule has 0 bridgehead atoms. The molecule has 17 nitrogen and oxygen atoms in total. The Balaban J connectivity index is 1.77. The Kier molecular flexibility index (Phi) is 10.5. The number of aliphatic hydroxyl groups is 6. The number of carboxylic acid groups (broad SMARTS) is 1. The molecule has 0 aromatic rings. The van der Waals surface area contributed by atoms with Crippen molar-refractivity contribution in [2.24, 2.45) is 11.5 Å². The first-order valence-electron chi connectivity index (χ1n) is 11.5. The molecule has 0 spiro atoms. The van der Waals surface area contributed by atoms with Gasteiger partial charge in [-0.2, -0.15) is 0 Å². The van der Waals surface area contributed by atoms with Crippen LogP contribution in [0, 0.1) is 0 Å². The maximum Gasteiger partial charge on any atom is 0.335 e. The van der Waals surface area contributed by atoms with Crippen LogP contribution in [0.4, 0.5) is 0 Å². The van der Waals surface area contributed by atoms with Gasteiger partial charge in [0.25, 0.3) is 0 Å². The first-order valence-corrected chi connectivity index (χ1v) is 11.5. The van der Waals surface area contributed by atoms with E-state index in [2.05, 4.69) is 0 Å². The topological polar surface area (TPSA) is 275 Å². The normalized spacial score (nSPS) is 49.1. The third-order valence-electron chi connectivity index (χ3n) is 6.68. The standard InChI is InChI=1S/C20H36N2O15/c1-31-13-5(3-23)34-19(8(22)9(13)25)36-15-11(27)12(28)20(37-16(15)17(29)30)35-14-6(4-24)33-18(32-2)7(21)10(14)26/h5-16,18-20,23-28H,3-4,21-22H2,1-2H3,(H,29,30)/t5?,6?,7?,8?,9-,10-,11-,12?,13-,14-,15+,16?,18+,19-,20-/m1/s1. The number of aliphatic carboxylic acids is 1. The largest absolute Gasteiger partial charge is 0.479 e. The van der Waals surface area contributed by atoms with Gasteiger partial charge in [0, 0.05) is 14.2 Å². The second-order valence-electron chi connectivity index (χ2n) is 8.97. The van der Waals surface area contributed by atoms with Gasteiger partial charge < -0.3 is 80.4 Å². The van der Waals surface area contributed by atoms with Crippen LogP contribution in [0.3, 0.4) is 0 Å². The van der Waals surface area contributed by atoms with Crippen molar-refractivity contribution in [1.29, 1.82) is 0 Å². The summed E-state index contributed by atoms with van der Waals surface area (Å²) in [5.41, 5.74) is 11.8. The van der Waals surface area contributed by atoms with Gasteiger partial charge in [0.05, 0.1) is 25.3 Å². The van der Waals surface area contributed by atoms with E-state index in [1.165, 1.54) is 14.2 Å². The highest BCUT2D eigenvalue weighted by molar-refractivity contribution is 5.73. The summed E-state index contributed by atoms with van der Waals surface area (Å²) in [4.78, 5) is 12.0. The summed E-state index contributed by atoms with van der Waals surface area (Å²) >= 11 is 0. The Bertz CT molecular complexity index is 747. The van der Waals surface area contributed by atoms with Gasteiger partial charge in [0.1, 0.15) is 54.9 Å². The molecule has 0 aliphatic carbocycles. The van der Waals surface area contributed by atoms with E-state index in [4.69, 9.17) is 44.6 Å². The Labute approximate surface area is 211 Å². The fourth-order valence-corrected chi connectivity index (χ4v) is 4.58. The highest BCUT2D eigenvalue weighted by atomic mass is 16.8. The fraction of sp³-hybridized carbons (Fsp3) is 0.950. The number of methoxy groups -OCH3 is 2. The first kappa shape index (κ1) is 30.4. The number of rotatable bonds is 9. The van der Waals surface area contributed by atoms with Crippen LogP contribution in [0.2, 0.25) is 0 Å². The average molecular weight is 545 g/mol. The Morgan fingerprint density at radius 2 is 1.22 bits per heavy atom. The van der Waals surface area contributed by atoms with Gasteiger partial charge in [-0.1, -0.05) is 0 Å². The lowest BCUT2D eigenvalue weighted by Gasteiger charge is -2.48. The fourth-order valence-electron chi connectivity index (χ4n) is 4.58. The predicted molar refractivity (Wildman–Crippen MR) is 115 cm³/mol. The number of ether oxygens (including phenoxy) is 7. The Morgan fingerprint density at radius 1 is 0.703 bits per heavy atom. The lowest BCUT2D eigenvalue weighted by molar-refractivity contribution is -0.361. The Hall–Kier alpha value is -1.13. The second kappa shape index (κ2) is 12.8. The van der Waals surface area contributed by atoms with Gasteiger partial charge in [-0.25, -0.2) is 4.79 Å². The summed E-state index contributed by atoms with van der Waals surface area (Å²) in [6.07, 6.45) is -19.7. The van der Waals surface area contributed by atoms with Crippen LogP contribution >= 0.6 is 0 Å². The Morgan fingerprint density at radius 3 is 1.76 bits per heavy atom. The number of hydrogen-bond donors (Lipinski definition) is 9. The van der Waals surface area contributed by atoms with Gasteiger partial charge >= 0.3 is 5.97 Å². The van der Waals surface area contributed by atoms with Crippen molar-refractivity contribution in [1.82, 2.24) is 0 Å². The maximum atomic E-state index is 12.0. The molecule has 3 fully saturated rings. The molecule has 0 radical (unpaired) electrons. The summed E-state index contributed by atoms with van der Waals surface area (Å²) in [5.74, 6) is -1.63. The van der Waals surface area contributed by atoms with Crippen molar-refractivity contribution in [3.8, 4) is 0 Å². The number of carbonyl (C=O) groups is 1. The van der Waals surface area contributed by atoms with Crippen molar-refractivity contribution in [3.63, 3.8) is 0 Å². The van der Waals surface area contributed by atoms with Crippen LogP contribution in [0.15, 0.2) is 0 Å². The molecule has 15 atom stereocenters. The van der Waals surface area contributed by atoms with Crippen molar-refractivity contribution in [3.05, 3.63) is 0 Å². The van der Waals surface area contributed by atoms with Crippen LogP contribution in [0.1, 0.15) is 0 Å². The quantitative estimate of drug-likeness (QED) is 0.130. The molecular weight excluding hydrogens is 508 g/mol. The minimum absolute atomic E-state index is 0.601. The van der Waals surface area contributed by atoms with E-state index in [1.54, 1.807) is 0 Å². The van der Waals surface area contributed by atoms with Crippen LogP contribution in [0.5, 0.6) is 0 Å². The van der Waals surface area contributed by atoms with Gasteiger partial charge in [-0.15, -0.1) is 0 Å². The summed E-state index contributed by atoms with van der Waals surface area (Å²) in [7, 11) is 2.54. The molecule has 3 aliphatic heterocycles. The predicted octanol–water partition coefficient (Wildman–Crippen LogP) is -6.24. The molecular formula is C20H36N2O15. The smallest absolute Gasteiger partial charge is 0.335 e. The van der Waals surface area contributed by atoms with E-state index in [0.29, 0.717) is 0 Å². The molecule has 0 saturated carbocycles. The summed E-state index contributed by atoms with van der Waals surface area (Å²) in [6.45, 7) is -1.27. The molecule has 17 heteroatoms. The minimum Gasteiger partial charge on any atom is -0.479 e. The first-order chi connectivity index (χ1) is 17.5. The van der Waals surface area contributed by atoms with E-state index in [9.17, 15) is 40.5 Å². The van der Waals surface area contributed by atoms with Crippen molar-refractivity contribution in [2.45, 2.75) is 92.0 Å². The van der Waals surface area contributed by atoms with Crippen LogP contribution in [-0.2, 0) is 38.0 Å². The van der Waals surface area contributed by atoms with Crippen molar-refractivity contribution in [2.75, 3.05) is 27.4 Å². The highest BCUT2D eigenvalue weighted by Gasteiger charge is 2.54. The summed E-state index contributed by atoms with van der Waals surface area (Å²) in [5, 5.41) is 71.4. The third kappa shape index (κ3) is 6.06. The molecule has 3 heterocycles. The SMILES string of the molecule is CO[C@H]1OC(CO)[C@@H](O[C@@H]2OC(C(=O)O)[C@@H](O[C@H]3OC(CO)[C@@H](OC)[C@H](O)C3N)[C@H](O)C2O)[C@H](O)C1N. The van der Waals surface area contributed by atoms with Gasteiger partial charge in [-0.05, 0) is 0 Å². The van der Waals surface area contributed by atoms with E-state index >= 15 is 0 Å². The molecule has 6 unspecified atom stereocenters. The number of nitrogens with two attached hydrogens (primary N) is 2. The summed E-state index contributed by atoms with van der Waals surface area (Å²) in [6, 6.07) is -2.43. The van der Waals surface area contributed by atoms with E-state index in [0.717, 1.165) is 0 Å². The zero-order valence-corrected chi connectivity index (χ0v) is 20.1. The second-order valence-corrected chi connectivity index (χ2v) is 8.97. The van der Waals surface area contributed by atoms with Crippen LogP contribution in [0.25, 0.3) is 0 Å². The molecule has 3 aliphatic rings. The molecule has 37 heavy (non-hydrogen) atoms. The van der Waals surface area contributed by atoms with Gasteiger partial charge in [-0.3, -0.25) is 0 Å².